The van der Waals surface area contributed by atoms with Crippen LogP contribution in [-0.4, -0.2) is 44.8 Å². The van der Waals surface area contributed by atoms with Gasteiger partial charge in [0.05, 0.1) is 11.5 Å². The van der Waals surface area contributed by atoms with Gasteiger partial charge in [0.25, 0.3) is 0 Å². The lowest BCUT2D eigenvalue weighted by Crippen LogP contribution is -2.22. The summed E-state index contributed by atoms with van der Waals surface area (Å²) in [7, 11) is -6.98. The van der Waals surface area contributed by atoms with Gasteiger partial charge in [0.1, 0.15) is 9.84 Å². The number of H-pyrrole nitrogens is 1. The molecule has 0 atom stereocenters. The molecule has 1 aromatic rings. The van der Waals surface area contributed by atoms with E-state index in [1.807, 2.05) is 6.92 Å². The van der Waals surface area contributed by atoms with E-state index in [4.69, 9.17) is 0 Å². The van der Waals surface area contributed by atoms with Crippen molar-refractivity contribution in [1.29, 1.82) is 0 Å². The zero-order valence-corrected chi connectivity index (χ0v) is 11.9. The Kier molecular flexibility index (Phi) is 4.74. The van der Waals surface area contributed by atoms with E-state index in [0.717, 1.165) is 24.8 Å². The highest BCUT2D eigenvalue weighted by atomic mass is 32.2. The maximum Gasteiger partial charge on any atom is 0.234 e. The summed E-state index contributed by atoms with van der Waals surface area (Å²) < 4.78 is 47.2. The molecule has 0 aromatic carbocycles. The van der Waals surface area contributed by atoms with Crippen LogP contribution in [-0.2, 0) is 26.3 Å². The fraction of sp³-hybridized carbons (Fsp3) is 0.667. The first kappa shape index (κ1) is 15.0. The Labute approximate surface area is 107 Å². The van der Waals surface area contributed by atoms with Crippen molar-refractivity contribution < 1.29 is 16.8 Å². The fourth-order valence-electron chi connectivity index (χ4n) is 1.28. The van der Waals surface area contributed by atoms with Crippen LogP contribution < -0.4 is 4.72 Å². The molecule has 0 saturated carbocycles. The number of anilines is 1. The van der Waals surface area contributed by atoms with Crippen LogP contribution in [0.5, 0.6) is 0 Å². The molecule has 0 bridgehead atoms. The first-order valence-electron chi connectivity index (χ1n) is 5.44. The number of rotatable bonds is 7. The first-order chi connectivity index (χ1) is 8.22. The molecular formula is C9H17N3O4S2. The number of aromatic amines is 1. The summed E-state index contributed by atoms with van der Waals surface area (Å²) in [6, 6.07) is 1.60. The van der Waals surface area contributed by atoms with E-state index in [0.29, 0.717) is 0 Å². The van der Waals surface area contributed by atoms with Gasteiger partial charge >= 0.3 is 0 Å². The molecule has 0 aliphatic carbocycles. The largest absolute Gasteiger partial charge is 0.280 e. The van der Waals surface area contributed by atoms with Gasteiger partial charge in [-0.2, -0.15) is 5.10 Å². The van der Waals surface area contributed by atoms with Gasteiger partial charge in [-0.3, -0.25) is 9.82 Å². The van der Waals surface area contributed by atoms with E-state index < -0.39 is 31.4 Å². The monoisotopic (exact) mass is 295 g/mol. The molecule has 1 rings (SSSR count). The molecule has 1 aromatic heterocycles. The number of aromatic nitrogens is 2. The van der Waals surface area contributed by atoms with Crippen molar-refractivity contribution in [3.63, 3.8) is 0 Å². The molecule has 2 N–H and O–H groups in total. The van der Waals surface area contributed by atoms with Crippen LogP contribution in [0.4, 0.5) is 5.82 Å². The number of sulfonamides is 1. The van der Waals surface area contributed by atoms with Crippen molar-refractivity contribution >= 4 is 25.7 Å². The van der Waals surface area contributed by atoms with E-state index in [1.54, 1.807) is 6.07 Å². The molecular weight excluding hydrogens is 278 g/mol. The second kappa shape index (κ2) is 5.70. The molecule has 9 heteroatoms. The SMILES string of the molecule is CCCc1cc(NS(=O)(=O)CCS(C)(=O)=O)n[nH]1. The lowest BCUT2D eigenvalue weighted by atomic mass is 10.2. The van der Waals surface area contributed by atoms with Crippen molar-refractivity contribution in [3.05, 3.63) is 11.8 Å². The van der Waals surface area contributed by atoms with Crippen molar-refractivity contribution in [2.75, 3.05) is 22.5 Å². The predicted octanol–water partition coefficient (Wildman–Crippen LogP) is 0.148. The summed E-state index contributed by atoms with van der Waals surface area (Å²) in [6.07, 6.45) is 2.69. The van der Waals surface area contributed by atoms with Crippen LogP contribution in [0, 0.1) is 0 Å². The van der Waals surface area contributed by atoms with Gasteiger partial charge in [0.2, 0.25) is 10.0 Å². The van der Waals surface area contributed by atoms with Gasteiger partial charge in [-0.25, -0.2) is 16.8 Å². The molecule has 104 valence electrons. The third-order valence-electron chi connectivity index (χ3n) is 2.13. The van der Waals surface area contributed by atoms with Gasteiger partial charge in [-0.05, 0) is 6.42 Å². The minimum absolute atomic E-state index is 0.187. The summed E-state index contributed by atoms with van der Waals surface area (Å²) in [5.41, 5.74) is 0.832. The molecule has 7 nitrogen and oxygen atoms in total. The topological polar surface area (TPSA) is 109 Å². The molecule has 0 fully saturated rings. The molecule has 18 heavy (non-hydrogen) atoms. The molecule has 0 saturated heterocycles. The van der Waals surface area contributed by atoms with Crippen molar-refractivity contribution in [3.8, 4) is 0 Å². The van der Waals surface area contributed by atoms with E-state index in [2.05, 4.69) is 14.9 Å². The summed E-state index contributed by atoms with van der Waals surface area (Å²) in [4.78, 5) is 0. The number of sulfone groups is 1. The van der Waals surface area contributed by atoms with Gasteiger partial charge in [0, 0.05) is 18.0 Å². The molecule has 0 aliphatic rings. The Balaban J connectivity index is 2.64. The Hall–Kier alpha value is -1.09. The Morgan fingerprint density at radius 1 is 1.28 bits per heavy atom. The summed E-state index contributed by atoms with van der Waals surface area (Å²) in [6.45, 7) is 2.00. The third kappa shape index (κ3) is 5.50. The maximum atomic E-state index is 11.6. The quantitative estimate of drug-likeness (QED) is 0.744. The summed E-state index contributed by atoms with van der Waals surface area (Å²) in [5, 5.41) is 6.51. The fourth-order valence-corrected chi connectivity index (χ4v) is 3.90. The van der Waals surface area contributed by atoms with Crippen LogP contribution in [0.1, 0.15) is 19.0 Å². The second-order valence-electron chi connectivity index (χ2n) is 4.08. The number of hydrogen-bond donors (Lipinski definition) is 2. The minimum Gasteiger partial charge on any atom is -0.280 e. The Morgan fingerprint density at radius 2 is 1.94 bits per heavy atom. The molecule has 0 unspecified atom stereocenters. The maximum absolute atomic E-state index is 11.6. The second-order valence-corrected chi connectivity index (χ2v) is 8.18. The van der Waals surface area contributed by atoms with Crippen LogP contribution >= 0.6 is 0 Å². The number of aryl methyl sites for hydroxylation is 1. The van der Waals surface area contributed by atoms with E-state index >= 15 is 0 Å². The first-order valence-corrected chi connectivity index (χ1v) is 9.15. The van der Waals surface area contributed by atoms with Crippen LogP contribution in [0.2, 0.25) is 0 Å². The predicted molar refractivity (Wildman–Crippen MR) is 69.7 cm³/mol. The standard InChI is InChI=1S/C9H17N3O4S2/c1-3-4-8-7-9(11-10-8)12-18(15,16)6-5-17(2,13)14/h7H,3-6H2,1-2H3,(H2,10,11,12). The summed E-state index contributed by atoms with van der Waals surface area (Å²) in [5.74, 6) is -0.692. The molecule has 0 spiro atoms. The van der Waals surface area contributed by atoms with Crippen molar-refractivity contribution in [1.82, 2.24) is 10.2 Å². The Bertz CT molecular complexity index is 589. The van der Waals surface area contributed by atoms with Gasteiger partial charge in [-0.1, -0.05) is 13.3 Å². The Morgan fingerprint density at radius 3 is 2.50 bits per heavy atom. The highest BCUT2D eigenvalue weighted by molar-refractivity contribution is 7.95. The minimum atomic E-state index is -3.68. The van der Waals surface area contributed by atoms with Gasteiger partial charge < -0.3 is 0 Å². The number of hydrogen-bond acceptors (Lipinski definition) is 5. The number of nitrogens with one attached hydrogen (secondary N) is 2. The molecule has 0 aliphatic heterocycles. The lowest BCUT2D eigenvalue weighted by Gasteiger charge is -2.03. The highest BCUT2D eigenvalue weighted by Gasteiger charge is 2.15. The normalized spacial score (nSPS) is 12.6. The highest BCUT2D eigenvalue weighted by Crippen LogP contribution is 2.09. The zero-order chi connectivity index (χ0) is 13.8. The smallest absolute Gasteiger partial charge is 0.234 e. The zero-order valence-electron chi connectivity index (χ0n) is 10.3. The van der Waals surface area contributed by atoms with Crippen LogP contribution in [0.25, 0.3) is 0 Å². The average Bonchev–Trinajstić information content (AvgIpc) is 2.62. The van der Waals surface area contributed by atoms with E-state index in [9.17, 15) is 16.8 Å². The van der Waals surface area contributed by atoms with Crippen LogP contribution in [0.15, 0.2) is 6.07 Å². The molecule has 0 amide bonds. The third-order valence-corrected chi connectivity index (χ3v) is 4.60. The molecule has 1 heterocycles. The lowest BCUT2D eigenvalue weighted by molar-refractivity contribution is 0.593. The van der Waals surface area contributed by atoms with E-state index in [1.165, 1.54) is 0 Å². The van der Waals surface area contributed by atoms with E-state index in [-0.39, 0.29) is 5.82 Å². The molecule has 0 radical (unpaired) electrons. The van der Waals surface area contributed by atoms with Crippen molar-refractivity contribution in [2.24, 2.45) is 0 Å². The number of nitrogens with zero attached hydrogens (tertiary/aromatic N) is 1. The van der Waals surface area contributed by atoms with Crippen molar-refractivity contribution in [2.45, 2.75) is 19.8 Å². The van der Waals surface area contributed by atoms with Gasteiger partial charge in [0.15, 0.2) is 5.82 Å². The average molecular weight is 295 g/mol. The summed E-state index contributed by atoms with van der Waals surface area (Å²) >= 11 is 0. The van der Waals surface area contributed by atoms with Crippen LogP contribution in [0.3, 0.4) is 0 Å². The van der Waals surface area contributed by atoms with Gasteiger partial charge in [-0.15, -0.1) is 0 Å².